The fourth-order valence-corrected chi connectivity index (χ4v) is 4.18. The van der Waals surface area contributed by atoms with Crippen molar-refractivity contribution < 1.29 is 26.3 Å². The summed E-state index contributed by atoms with van der Waals surface area (Å²) in [6, 6.07) is 11.6. The van der Waals surface area contributed by atoms with Gasteiger partial charge in [-0.2, -0.15) is 4.68 Å². The number of ether oxygens (including phenoxy) is 1. The maximum atomic E-state index is 12.3. The van der Waals surface area contributed by atoms with Gasteiger partial charge in [0.15, 0.2) is 0 Å². The van der Waals surface area contributed by atoms with Crippen molar-refractivity contribution in [1.82, 2.24) is 24.5 Å². The third-order valence-electron chi connectivity index (χ3n) is 3.80. The molecule has 1 aromatic heterocycles. The van der Waals surface area contributed by atoms with Gasteiger partial charge in [-0.3, -0.25) is 0 Å². The molecular weight excluding hydrogens is 443 g/mol. The van der Waals surface area contributed by atoms with Crippen molar-refractivity contribution in [2.45, 2.75) is 22.2 Å². The molecule has 0 atom stereocenters. The summed E-state index contributed by atoms with van der Waals surface area (Å²) in [6.45, 7) is 0. The molecule has 0 N–H and O–H groups in total. The fourth-order valence-electron chi connectivity index (χ4n) is 2.37. The fraction of sp³-hybridized carbons (Fsp3) is 0.235. The van der Waals surface area contributed by atoms with Crippen molar-refractivity contribution in [3.8, 4) is 11.4 Å². The highest BCUT2D eigenvalue weighted by atomic mass is 32.2. The van der Waals surface area contributed by atoms with E-state index in [1.807, 2.05) is 0 Å². The lowest BCUT2D eigenvalue weighted by Gasteiger charge is -2.12. The summed E-state index contributed by atoms with van der Waals surface area (Å²) in [5, 5.41) is 11.8. The van der Waals surface area contributed by atoms with E-state index < -0.39 is 16.4 Å². The molecule has 8 nitrogen and oxygen atoms in total. The average molecular weight is 459 g/mol. The Morgan fingerprint density at radius 3 is 2.47 bits per heavy atom. The van der Waals surface area contributed by atoms with E-state index in [0.29, 0.717) is 16.6 Å². The molecule has 0 saturated heterocycles. The summed E-state index contributed by atoms with van der Waals surface area (Å²) in [6.07, 6.45) is -4.77. The van der Waals surface area contributed by atoms with Gasteiger partial charge < -0.3 is 4.74 Å². The molecule has 160 valence electrons. The van der Waals surface area contributed by atoms with E-state index in [1.54, 1.807) is 18.2 Å². The van der Waals surface area contributed by atoms with Crippen LogP contribution in [0.4, 0.5) is 13.2 Å². The highest BCUT2D eigenvalue weighted by molar-refractivity contribution is 7.98. The molecule has 13 heteroatoms. The molecule has 0 spiro atoms. The summed E-state index contributed by atoms with van der Waals surface area (Å²) in [5.74, 6) is 0.0272. The molecule has 3 aromatic rings. The molecule has 0 amide bonds. The number of halogens is 3. The summed E-state index contributed by atoms with van der Waals surface area (Å²) in [5.41, 5.74) is 1.19. The quantitative estimate of drug-likeness (QED) is 0.502. The normalized spacial score (nSPS) is 12.3. The largest absolute Gasteiger partial charge is 0.573 e. The number of hydrogen-bond donors (Lipinski definition) is 0. The van der Waals surface area contributed by atoms with Crippen molar-refractivity contribution in [3.05, 3.63) is 54.1 Å². The molecule has 1 heterocycles. The van der Waals surface area contributed by atoms with Gasteiger partial charge in [0, 0.05) is 19.8 Å². The first-order valence-electron chi connectivity index (χ1n) is 8.35. The number of benzene rings is 2. The molecule has 0 radical (unpaired) electrons. The van der Waals surface area contributed by atoms with Gasteiger partial charge in [0.1, 0.15) is 5.75 Å². The number of alkyl halides is 3. The van der Waals surface area contributed by atoms with E-state index in [0.717, 1.165) is 22.0 Å². The van der Waals surface area contributed by atoms with Gasteiger partial charge in [0.2, 0.25) is 15.2 Å². The first kappa shape index (κ1) is 22.1. The highest BCUT2D eigenvalue weighted by Crippen LogP contribution is 2.27. The molecule has 0 unspecified atom stereocenters. The predicted octanol–water partition coefficient (Wildman–Crippen LogP) is 3.10. The van der Waals surface area contributed by atoms with Crippen LogP contribution in [0.3, 0.4) is 0 Å². The third kappa shape index (κ3) is 5.29. The first-order chi connectivity index (χ1) is 14.1. The van der Waals surface area contributed by atoms with E-state index in [-0.39, 0.29) is 10.6 Å². The Labute approximate surface area is 174 Å². The highest BCUT2D eigenvalue weighted by Gasteiger charge is 2.31. The van der Waals surface area contributed by atoms with Gasteiger partial charge in [-0.1, -0.05) is 23.9 Å². The molecule has 0 bridgehead atoms. The lowest BCUT2D eigenvalue weighted by atomic mass is 10.2. The smallest absolute Gasteiger partial charge is 0.406 e. The second-order valence-corrected chi connectivity index (χ2v) is 9.23. The lowest BCUT2D eigenvalue weighted by molar-refractivity contribution is -0.274. The standard InChI is InChI=1S/C17H16F3N5O3S2/c1-24(2)30(26,27)15-5-3-4-12(10-15)11-29-16-21-22-23-25(16)13-6-8-14(9-7-13)28-17(18,19)20/h3-10H,11H2,1-2H3. The zero-order valence-corrected chi connectivity index (χ0v) is 17.4. The molecule has 0 aliphatic rings. The topological polar surface area (TPSA) is 90.2 Å². The van der Waals surface area contributed by atoms with Crippen LogP contribution >= 0.6 is 11.8 Å². The summed E-state index contributed by atoms with van der Waals surface area (Å²) < 4.78 is 67.7. The van der Waals surface area contributed by atoms with Crippen LogP contribution in [-0.4, -0.2) is 53.4 Å². The van der Waals surface area contributed by atoms with E-state index >= 15 is 0 Å². The van der Waals surface area contributed by atoms with Gasteiger partial charge in [0.25, 0.3) is 0 Å². The van der Waals surface area contributed by atoms with Crippen LogP contribution in [0.1, 0.15) is 5.56 Å². The SMILES string of the molecule is CN(C)S(=O)(=O)c1cccc(CSc2nnnn2-c2ccc(OC(F)(F)F)cc2)c1. The number of thioether (sulfide) groups is 1. The van der Waals surface area contributed by atoms with Gasteiger partial charge >= 0.3 is 6.36 Å². The Morgan fingerprint density at radius 1 is 1.13 bits per heavy atom. The Balaban J connectivity index is 1.74. The molecule has 3 rings (SSSR count). The second-order valence-electron chi connectivity index (χ2n) is 6.14. The van der Waals surface area contributed by atoms with Crippen molar-refractivity contribution in [1.29, 1.82) is 0 Å². The Morgan fingerprint density at radius 2 is 1.83 bits per heavy atom. The maximum Gasteiger partial charge on any atom is 0.573 e. The van der Waals surface area contributed by atoms with Gasteiger partial charge in [-0.25, -0.2) is 12.7 Å². The van der Waals surface area contributed by atoms with Crippen molar-refractivity contribution in [3.63, 3.8) is 0 Å². The predicted molar refractivity (Wildman–Crippen MR) is 103 cm³/mol. The van der Waals surface area contributed by atoms with Crippen LogP contribution in [0.25, 0.3) is 5.69 Å². The number of aromatic nitrogens is 4. The van der Waals surface area contributed by atoms with Crippen molar-refractivity contribution in [2.75, 3.05) is 14.1 Å². The molecule has 30 heavy (non-hydrogen) atoms. The first-order valence-corrected chi connectivity index (χ1v) is 10.8. The monoisotopic (exact) mass is 459 g/mol. The molecule has 0 saturated carbocycles. The molecule has 0 aliphatic carbocycles. The lowest BCUT2D eigenvalue weighted by Crippen LogP contribution is -2.22. The zero-order valence-electron chi connectivity index (χ0n) is 15.7. The average Bonchev–Trinajstić information content (AvgIpc) is 3.14. The molecule has 0 aliphatic heterocycles. The van der Waals surface area contributed by atoms with Crippen LogP contribution in [0, 0.1) is 0 Å². The minimum atomic E-state index is -4.77. The van der Waals surface area contributed by atoms with E-state index in [2.05, 4.69) is 20.3 Å². The maximum absolute atomic E-state index is 12.3. The number of tetrazole rings is 1. The van der Waals surface area contributed by atoms with Crippen LogP contribution in [0.15, 0.2) is 58.6 Å². The van der Waals surface area contributed by atoms with E-state index in [9.17, 15) is 21.6 Å². The van der Waals surface area contributed by atoms with E-state index in [4.69, 9.17) is 0 Å². The Hall–Kier alpha value is -2.64. The van der Waals surface area contributed by atoms with Crippen molar-refractivity contribution >= 4 is 21.8 Å². The number of sulfonamides is 1. The van der Waals surface area contributed by atoms with Crippen LogP contribution < -0.4 is 4.74 Å². The minimum absolute atomic E-state index is 0.172. The summed E-state index contributed by atoms with van der Waals surface area (Å²) in [4.78, 5) is 0.172. The van der Waals surface area contributed by atoms with Crippen molar-refractivity contribution in [2.24, 2.45) is 0 Å². The van der Waals surface area contributed by atoms with Gasteiger partial charge in [0.05, 0.1) is 10.6 Å². The van der Waals surface area contributed by atoms with Crippen LogP contribution in [-0.2, 0) is 15.8 Å². The third-order valence-corrected chi connectivity index (χ3v) is 6.60. The van der Waals surface area contributed by atoms with Gasteiger partial charge in [-0.05, 0) is 52.4 Å². The summed E-state index contributed by atoms with van der Waals surface area (Å²) >= 11 is 1.25. The number of nitrogens with zero attached hydrogens (tertiary/aromatic N) is 5. The zero-order chi connectivity index (χ0) is 21.9. The minimum Gasteiger partial charge on any atom is -0.406 e. The van der Waals surface area contributed by atoms with Gasteiger partial charge in [-0.15, -0.1) is 18.3 Å². The molecule has 2 aromatic carbocycles. The molecular formula is C17H16F3N5O3S2. The van der Waals surface area contributed by atoms with Crippen LogP contribution in [0.2, 0.25) is 0 Å². The number of rotatable bonds is 7. The van der Waals surface area contributed by atoms with E-state index in [1.165, 1.54) is 48.7 Å². The Bertz CT molecular complexity index is 1120. The Kier molecular flexibility index (Phi) is 6.33. The number of hydrogen-bond acceptors (Lipinski definition) is 7. The second kappa shape index (κ2) is 8.62. The molecule has 0 fully saturated rings. The van der Waals surface area contributed by atoms with Crippen LogP contribution in [0.5, 0.6) is 5.75 Å². The summed E-state index contributed by atoms with van der Waals surface area (Å²) in [7, 11) is -0.645.